The van der Waals surface area contributed by atoms with Gasteiger partial charge in [-0.05, 0) is 6.07 Å². The molecule has 14 heavy (non-hydrogen) atoms. The minimum atomic E-state index is 0.255. The summed E-state index contributed by atoms with van der Waals surface area (Å²) in [7, 11) is 1.81. The second-order valence-electron chi connectivity index (χ2n) is 2.71. The fourth-order valence-corrected chi connectivity index (χ4v) is 1.19. The minimum Gasteiger partial charge on any atom is -0.373 e. The Hall–Kier alpha value is -2.11. The smallest absolute Gasteiger partial charge is 0.220 e. The van der Waals surface area contributed by atoms with Gasteiger partial charge in [-0.3, -0.25) is 5.10 Å². The van der Waals surface area contributed by atoms with Crippen molar-refractivity contribution >= 4 is 11.8 Å². The molecule has 2 rings (SSSR count). The average molecular weight is 190 g/mol. The topological polar surface area (TPSA) is 92.5 Å². The molecule has 2 heterocycles. The van der Waals surface area contributed by atoms with E-state index in [-0.39, 0.29) is 5.95 Å². The SMILES string of the molecule is CNc1[nH]ncc1-c1ccnc(N)n1. The first-order chi connectivity index (χ1) is 6.81. The molecular formula is C8H10N6. The van der Waals surface area contributed by atoms with Crippen LogP contribution < -0.4 is 11.1 Å². The summed E-state index contributed by atoms with van der Waals surface area (Å²) in [5, 5.41) is 9.70. The van der Waals surface area contributed by atoms with Crippen LogP contribution in [0.25, 0.3) is 11.3 Å². The van der Waals surface area contributed by atoms with Gasteiger partial charge in [0.2, 0.25) is 5.95 Å². The van der Waals surface area contributed by atoms with Crippen LogP contribution in [0.15, 0.2) is 18.5 Å². The number of rotatable bonds is 2. The number of aromatic nitrogens is 4. The van der Waals surface area contributed by atoms with E-state index in [2.05, 4.69) is 25.5 Å². The van der Waals surface area contributed by atoms with E-state index in [9.17, 15) is 0 Å². The van der Waals surface area contributed by atoms with Crippen molar-refractivity contribution in [3.05, 3.63) is 18.5 Å². The Morgan fingerprint density at radius 1 is 1.50 bits per heavy atom. The Morgan fingerprint density at radius 3 is 3.07 bits per heavy atom. The Bertz CT molecular complexity index is 435. The molecule has 0 spiro atoms. The average Bonchev–Trinajstić information content (AvgIpc) is 2.65. The van der Waals surface area contributed by atoms with Crippen LogP contribution in [0.1, 0.15) is 0 Å². The molecule has 0 amide bonds. The van der Waals surface area contributed by atoms with Crippen molar-refractivity contribution in [2.24, 2.45) is 0 Å². The van der Waals surface area contributed by atoms with E-state index in [1.165, 1.54) is 0 Å². The van der Waals surface area contributed by atoms with Crippen LogP contribution in [0, 0.1) is 0 Å². The second kappa shape index (κ2) is 3.33. The van der Waals surface area contributed by atoms with Crippen molar-refractivity contribution in [1.29, 1.82) is 0 Å². The maximum Gasteiger partial charge on any atom is 0.220 e. The molecule has 2 aromatic heterocycles. The lowest BCUT2D eigenvalue weighted by Crippen LogP contribution is -1.96. The molecule has 0 aliphatic rings. The molecule has 0 aliphatic carbocycles. The number of nitrogens with one attached hydrogen (secondary N) is 2. The normalized spacial score (nSPS) is 10.1. The number of anilines is 2. The summed E-state index contributed by atoms with van der Waals surface area (Å²) < 4.78 is 0. The first-order valence-electron chi connectivity index (χ1n) is 4.11. The molecule has 0 unspecified atom stereocenters. The highest BCUT2D eigenvalue weighted by Crippen LogP contribution is 2.23. The molecule has 0 bridgehead atoms. The summed E-state index contributed by atoms with van der Waals surface area (Å²) in [6, 6.07) is 1.78. The lowest BCUT2D eigenvalue weighted by Gasteiger charge is -2.01. The Labute approximate surface area is 80.6 Å². The van der Waals surface area contributed by atoms with E-state index in [1.807, 2.05) is 7.05 Å². The third kappa shape index (κ3) is 1.37. The van der Waals surface area contributed by atoms with Crippen LogP contribution in [0.3, 0.4) is 0 Å². The van der Waals surface area contributed by atoms with Crippen LogP contribution in [-0.4, -0.2) is 27.2 Å². The predicted octanol–water partition coefficient (Wildman–Crippen LogP) is 0.491. The van der Waals surface area contributed by atoms with Gasteiger partial charge < -0.3 is 11.1 Å². The zero-order chi connectivity index (χ0) is 9.97. The number of nitrogens with zero attached hydrogens (tertiary/aromatic N) is 3. The fraction of sp³-hybridized carbons (Fsp3) is 0.125. The van der Waals surface area contributed by atoms with E-state index >= 15 is 0 Å². The zero-order valence-corrected chi connectivity index (χ0v) is 7.65. The highest BCUT2D eigenvalue weighted by atomic mass is 15.2. The second-order valence-corrected chi connectivity index (χ2v) is 2.71. The number of nitrogen functional groups attached to an aromatic ring is 1. The molecule has 2 aromatic rings. The summed E-state index contributed by atoms with van der Waals surface area (Å²) >= 11 is 0. The molecule has 4 N–H and O–H groups in total. The highest BCUT2D eigenvalue weighted by Gasteiger charge is 2.07. The van der Waals surface area contributed by atoms with Gasteiger partial charge in [0, 0.05) is 13.2 Å². The lowest BCUT2D eigenvalue weighted by atomic mass is 10.2. The number of nitrogens with two attached hydrogens (primary N) is 1. The zero-order valence-electron chi connectivity index (χ0n) is 7.65. The van der Waals surface area contributed by atoms with Gasteiger partial charge >= 0.3 is 0 Å². The van der Waals surface area contributed by atoms with Gasteiger partial charge in [0.15, 0.2) is 0 Å². The van der Waals surface area contributed by atoms with Crippen molar-refractivity contribution in [3.63, 3.8) is 0 Å². The fourth-order valence-electron chi connectivity index (χ4n) is 1.19. The summed E-state index contributed by atoms with van der Waals surface area (Å²) in [4.78, 5) is 7.91. The maximum atomic E-state index is 5.48. The van der Waals surface area contributed by atoms with Gasteiger partial charge in [-0.2, -0.15) is 5.10 Å². The molecule has 6 nitrogen and oxygen atoms in total. The van der Waals surface area contributed by atoms with Crippen LogP contribution >= 0.6 is 0 Å². The Balaban J connectivity index is 2.49. The van der Waals surface area contributed by atoms with Gasteiger partial charge in [-0.25, -0.2) is 9.97 Å². The van der Waals surface area contributed by atoms with Gasteiger partial charge in [0.25, 0.3) is 0 Å². The molecule has 0 aromatic carbocycles. The molecule has 0 aliphatic heterocycles. The lowest BCUT2D eigenvalue weighted by molar-refractivity contribution is 1.09. The summed E-state index contributed by atoms with van der Waals surface area (Å²) in [6.45, 7) is 0. The number of aromatic amines is 1. The standard InChI is InChI=1S/C8H10N6/c1-10-7-5(4-12-14-7)6-2-3-11-8(9)13-6/h2-4H,1H3,(H2,9,11,13)(H2,10,12,14). The van der Waals surface area contributed by atoms with Crippen LogP contribution in [-0.2, 0) is 0 Å². The van der Waals surface area contributed by atoms with Crippen molar-refractivity contribution in [2.75, 3.05) is 18.1 Å². The van der Waals surface area contributed by atoms with Gasteiger partial charge in [-0.1, -0.05) is 0 Å². The van der Waals surface area contributed by atoms with Crippen molar-refractivity contribution in [2.45, 2.75) is 0 Å². The first-order valence-corrected chi connectivity index (χ1v) is 4.11. The molecule has 0 atom stereocenters. The summed E-state index contributed by atoms with van der Waals surface area (Å²) in [5.74, 6) is 1.06. The van der Waals surface area contributed by atoms with Crippen molar-refractivity contribution in [3.8, 4) is 11.3 Å². The third-order valence-electron chi connectivity index (χ3n) is 1.84. The van der Waals surface area contributed by atoms with Crippen LogP contribution in [0.4, 0.5) is 11.8 Å². The largest absolute Gasteiger partial charge is 0.373 e. The molecule has 0 saturated carbocycles. The molecule has 6 heteroatoms. The molecule has 0 saturated heterocycles. The first kappa shape index (κ1) is 8.49. The van der Waals surface area contributed by atoms with E-state index in [0.29, 0.717) is 0 Å². The Morgan fingerprint density at radius 2 is 2.36 bits per heavy atom. The molecule has 72 valence electrons. The quantitative estimate of drug-likeness (QED) is 0.641. The van der Waals surface area contributed by atoms with Crippen molar-refractivity contribution < 1.29 is 0 Å². The summed E-state index contributed by atoms with van der Waals surface area (Å²) in [6.07, 6.45) is 3.30. The number of hydrogen-bond acceptors (Lipinski definition) is 5. The minimum absolute atomic E-state index is 0.255. The van der Waals surface area contributed by atoms with Gasteiger partial charge in [0.05, 0.1) is 17.5 Å². The van der Waals surface area contributed by atoms with Gasteiger partial charge in [0.1, 0.15) is 5.82 Å². The monoisotopic (exact) mass is 190 g/mol. The van der Waals surface area contributed by atoms with E-state index < -0.39 is 0 Å². The van der Waals surface area contributed by atoms with Gasteiger partial charge in [-0.15, -0.1) is 0 Å². The molecule has 0 fully saturated rings. The van der Waals surface area contributed by atoms with Crippen LogP contribution in [0.2, 0.25) is 0 Å². The number of H-pyrrole nitrogens is 1. The Kier molecular flexibility index (Phi) is 2.02. The van der Waals surface area contributed by atoms with E-state index in [0.717, 1.165) is 17.1 Å². The van der Waals surface area contributed by atoms with E-state index in [1.54, 1.807) is 18.5 Å². The third-order valence-corrected chi connectivity index (χ3v) is 1.84. The maximum absolute atomic E-state index is 5.48. The number of hydrogen-bond donors (Lipinski definition) is 3. The molecular weight excluding hydrogens is 180 g/mol. The highest BCUT2D eigenvalue weighted by molar-refractivity contribution is 5.71. The predicted molar refractivity (Wildman–Crippen MR) is 53.6 cm³/mol. The van der Waals surface area contributed by atoms with Crippen LogP contribution in [0.5, 0.6) is 0 Å². The molecule has 0 radical (unpaired) electrons. The van der Waals surface area contributed by atoms with Crippen molar-refractivity contribution in [1.82, 2.24) is 20.2 Å². The van der Waals surface area contributed by atoms with E-state index in [4.69, 9.17) is 5.73 Å². The summed E-state index contributed by atoms with van der Waals surface area (Å²) in [5.41, 5.74) is 7.11.